The molecule has 2 rings (SSSR count). The van der Waals surface area contributed by atoms with Gasteiger partial charge in [0.15, 0.2) is 0 Å². The fraction of sp³-hybridized carbons (Fsp3) is 0.0714. The van der Waals surface area contributed by atoms with Gasteiger partial charge in [0.25, 0.3) is 0 Å². The minimum atomic E-state index is -0.711. The van der Waals surface area contributed by atoms with Crippen molar-refractivity contribution in [2.24, 2.45) is 0 Å². The van der Waals surface area contributed by atoms with E-state index in [1.54, 1.807) is 12.1 Å². The van der Waals surface area contributed by atoms with Crippen molar-refractivity contribution in [3.63, 3.8) is 0 Å². The number of rotatable bonds is 2. The van der Waals surface area contributed by atoms with Crippen LogP contribution in [0.5, 0.6) is 5.75 Å². The molecule has 0 unspecified atom stereocenters. The fourth-order valence-corrected chi connectivity index (χ4v) is 1.48. The van der Waals surface area contributed by atoms with Crippen LogP contribution in [0.4, 0.5) is 4.79 Å². The molecule has 0 aliphatic carbocycles. The van der Waals surface area contributed by atoms with E-state index in [0.717, 1.165) is 11.1 Å². The first-order valence-electron chi connectivity index (χ1n) is 5.21. The number of hydrogen-bond donors (Lipinski definition) is 0. The molecule has 0 aliphatic rings. The van der Waals surface area contributed by atoms with E-state index in [2.05, 4.69) is 4.74 Å². The highest BCUT2D eigenvalue weighted by atomic mass is 16.7. The second-order valence-electron chi connectivity index (χ2n) is 3.45. The lowest BCUT2D eigenvalue weighted by molar-refractivity contribution is 0.121. The number of methoxy groups -OCH3 is 1. The van der Waals surface area contributed by atoms with Crippen LogP contribution < -0.4 is 4.74 Å². The van der Waals surface area contributed by atoms with Gasteiger partial charge in [0.1, 0.15) is 5.75 Å². The SMILES string of the molecule is COC(=O)Oc1ccc(-c2ccccc2)cc1. The Bertz CT molecular complexity index is 489. The second kappa shape index (κ2) is 5.16. The Labute approximate surface area is 99.6 Å². The zero-order chi connectivity index (χ0) is 12.1. The van der Waals surface area contributed by atoms with E-state index in [9.17, 15) is 4.79 Å². The Balaban J connectivity index is 2.16. The molecule has 0 aliphatic heterocycles. The Kier molecular flexibility index (Phi) is 3.40. The Morgan fingerprint density at radius 2 is 1.47 bits per heavy atom. The van der Waals surface area contributed by atoms with Gasteiger partial charge in [0.05, 0.1) is 7.11 Å². The van der Waals surface area contributed by atoms with Gasteiger partial charge in [-0.3, -0.25) is 0 Å². The summed E-state index contributed by atoms with van der Waals surface area (Å²) in [4.78, 5) is 10.9. The molecule has 0 N–H and O–H groups in total. The van der Waals surface area contributed by atoms with Gasteiger partial charge in [-0.15, -0.1) is 0 Å². The molecule has 17 heavy (non-hydrogen) atoms. The molecule has 0 fully saturated rings. The molecule has 0 heterocycles. The molecule has 2 aromatic rings. The molecule has 0 atom stereocenters. The van der Waals surface area contributed by atoms with Gasteiger partial charge in [0.2, 0.25) is 0 Å². The third-order valence-electron chi connectivity index (χ3n) is 2.33. The zero-order valence-corrected chi connectivity index (χ0v) is 9.42. The third-order valence-corrected chi connectivity index (χ3v) is 2.33. The summed E-state index contributed by atoms with van der Waals surface area (Å²) in [5, 5.41) is 0. The predicted molar refractivity (Wildman–Crippen MR) is 64.9 cm³/mol. The van der Waals surface area contributed by atoms with Gasteiger partial charge in [0, 0.05) is 0 Å². The molecule has 3 nitrogen and oxygen atoms in total. The summed E-state index contributed by atoms with van der Waals surface area (Å²) in [7, 11) is 1.28. The molecule has 86 valence electrons. The van der Waals surface area contributed by atoms with Crippen LogP contribution >= 0.6 is 0 Å². The predicted octanol–water partition coefficient (Wildman–Crippen LogP) is 3.50. The minimum absolute atomic E-state index is 0.469. The summed E-state index contributed by atoms with van der Waals surface area (Å²) >= 11 is 0. The van der Waals surface area contributed by atoms with E-state index in [4.69, 9.17) is 4.74 Å². The van der Waals surface area contributed by atoms with Gasteiger partial charge in [-0.25, -0.2) is 4.79 Å². The van der Waals surface area contributed by atoms with E-state index in [0.29, 0.717) is 5.75 Å². The highest BCUT2D eigenvalue weighted by molar-refractivity contribution is 5.66. The second-order valence-corrected chi connectivity index (χ2v) is 3.45. The smallest absolute Gasteiger partial charge is 0.437 e. The maximum atomic E-state index is 10.9. The first-order chi connectivity index (χ1) is 8.29. The van der Waals surface area contributed by atoms with Crippen LogP contribution in [-0.4, -0.2) is 13.3 Å². The van der Waals surface area contributed by atoms with Crippen LogP contribution in [0.2, 0.25) is 0 Å². The van der Waals surface area contributed by atoms with Crippen molar-refractivity contribution in [3.8, 4) is 16.9 Å². The molecule has 0 radical (unpaired) electrons. The summed E-state index contributed by atoms with van der Waals surface area (Å²) < 4.78 is 9.30. The number of ether oxygens (including phenoxy) is 2. The Morgan fingerprint density at radius 3 is 2.06 bits per heavy atom. The standard InChI is InChI=1S/C14H12O3/c1-16-14(15)17-13-9-7-12(8-10-13)11-5-3-2-4-6-11/h2-10H,1H3. The first kappa shape index (κ1) is 11.2. The summed E-state index contributed by atoms with van der Waals surface area (Å²) in [6.45, 7) is 0. The molecule has 0 spiro atoms. The maximum absolute atomic E-state index is 10.9. The first-order valence-corrected chi connectivity index (χ1v) is 5.21. The highest BCUT2D eigenvalue weighted by Gasteiger charge is 2.03. The average Bonchev–Trinajstić information content (AvgIpc) is 2.40. The molecule has 3 heteroatoms. The fourth-order valence-electron chi connectivity index (χ4n) is 1.48. The molecular weight excluding hydrogens is 216 g/mol. The number of benzene rings is 2. The largest absolute Gasteiger partial charge is 0.513 e. The lowest BCUT2D eigenvalue weighted by atomic mass is 10.1. The van der Waals surface area contributed by atoms with Crippen LogP contribution in [0.25, 0.3) is 11.1 Å². The maximum Gasteiger partial charge on any atom is 0.513 e. The van der Waals surface area contributed by atoms with Crippen molar-refractivity contribution in [1.29, 1.82) is 0 Å². The van der Waals surface area contributed by atoms with Crippen LogP contribution in [0.15, 0.2) is 54.6 Å². The highest BCUT2D eigenvalue weighted by Crippen LogP contribution is 2.22. The zero-order valence-electron chi connectivity index (χ0n) is 9.42. The summed E-state index contributed by atoms with van der Waals surface area (Å²) in [5.74, 6) is 0.469. The molecule has 0 aromatic heterocycles. The molecule has 0 saturated carbocycles. The van der Waals surface area contributed by atoms with Gasteiger partial charge < -0.3 is 9.47 Å². The summed E-state index contributed by atoms with van der Waals surface area (Å²) in [5.41, 5.74) is 2.19. The van der Waals surface area contributed by atoms with Gasteiger partial charge >= 0.3 is 6.16 Å². The van der Waals surface area contributed by atoms with Crippen molar-refractivity contribution in [1.82, 2.24) is 0 Å². The Hall–Kier alpha value is -2.29. The lowest BCUT2D eigenvalue weighted by Gasteiger charge is -2.04. The van der Waals surface area contributed by atoms with Crippen LogP contribution in [0.3, 0.4) is 0 Å². The molecule has 0 bridgehead atoms. The Morgan fingerprint density at radius 1 is 0.882 bits per heavy atom. The van der Waals surface area contributed by atoms with Gasteiger partial charge in [-0.1, -0.05) is 42.5 Å². The molecule has 2 aromatic carbocycles. The van der Waals surface area contributed by atoms with E-state index in [1.165, 1.54) is 7.11 Å². The van der Waals surface area contributed by atoms with E-state index in [-0.39, 0.29) is 0 Å². The van der Waals surface area contributed by atoms with Crippen LogP contribution in [-0.2, 0) is 4.74 Å². The monoisotopic (exact) mass is 228 g/mol. The summed E-state index contributed by atoms with van der Waals surface area (Å²) in [6, 6.07) is 17.2. The van der Waals surface area contributed by atoms with E-state index in [1.807, 2.05) is 42.5 Å². The van der Waals surface area contributed by atoms with Crippen molar-refractivity contribution < 1.29 is 14.3 Å². The molecular formula is C14H12O3. The van der Waals surface area contributed by atoms with Gasteiger partial charge in [-0.05, 0) is 23.3 Å². The quantitative estimate of drug-likeness (QED) is 0.583. The third kappa shape index (κ3) is 2.84. The number of carbonyl (C=O) groups is 1. The van der Waals surface area contributed by atoms with Crippen molar-refractivity contribution in [3.05, 3.63) is 54.6 Å². The normalized spacial score (nSPS) is 9.71. The van der Waals surface area contributed by atoms with Crippen LogP contribution in [0.1, 0.15) is 0 Å². The number of hydrogen-bond acceptors (Lipinski definition) is 3. The van der Waals surface area contributed by atoms with Crippen molar-refractivity contribution >= 4 is 6.16 Å². The van der Waals surface area contributed by atoms with Crippen LogP contribution in [0, 0.1) is 0 Å². The topological polar surface area (TPSA) is 35.5 Å². The molecule has 0 saturated heterocycles. The minimum Gasteiger partial charge on any atom is -0.437 e. The molecule has 0 amide bonds. The average molecular weight is 228 g/mol. The van der Waals surface area contributed by atoms with E-state index >= 15 is 0 Å². The number of carbonyl (C=O) groups excluding carboxylic acids is 1. The lowest BCUT2D eigenvalue weighted by Crippen LogP contribution is -2.06. The van der Waals surface area contributed by atoms with Crippen molar-refractivity contribution in [2.45, 2.75) is 0 Å². The van der Waals surface area contributed by atoms with Crippen molar-refractivity contribution in [2.75, 3.05) is 7.11 Å². The van der Waals surface area contributed by atoms with Gasteiger partial charge in [-0.2, -0.15) is 0 Å². The summed E-state index contributed by atoms with van der Waals surface area (Å²) in [6.07, 6.45) is -0.711. The van der Waals surface area contributed by atoms with E-state index < -0.39 is 6.16 Å².